The van der Waals surface area contributed by atoms with Crippen molar-refractivity contribution >= 4 is 22.9 Å². The summed E-state index contributed by atoms with van der Waals surface area (Å²) < 4.78 is 0. The van der Waals surface area contributed by atoms with E-state index >= 15 is 0 Å². The molecule has 0 bridgehead atoms. The summed E-state index contributed by atoms with van der Waals surface area (Å²) in [6.07, 6.45) is 3.35. The average molecular weight is 465 g/mol. The zero-order chi connectivity index (χ0) is 24.7. The van der Waals surface area contributed by atoms with Gasteiger partial charge in [0.2, 0.25) is 5.78 Å². The first-order valence-electron chi connectivity index (χ1n) is 11.7. The van der Waals surface area contributed by atoms with Crippen molar-refractivity contribution in [3.8, 4) is 5.75 Å². The van der Waals surface area contributed by atoms with Crippen molar-refractivity contribution in [3.63, 3.8) is 0 Å². The molecule has 0 radical (unpaired) electrons. The second-order valence-electron chi connectivity index (χ2n) is 10.1. The van der Waals surface area contributed by atoms with Gasteiger partial charge in [0.05, 0.1) is 17.2 Å². The summed E-state index contributed by atoms with van der Waals surface area (Å²) >= 11 is 0. The Kier molecular flexibility index (Phi) is 5.01. The van der Waals surface area contributed by atoms with Crippen LogP contribution >= 0.6 is 0 Å². The molecule has 7 nitrogen and oxygen atoms in total. The first kappa shape index (κ1) is 22.7. The molecule has 34 heavy (non-hydrogen) atoms. The summed E-state index contributed by atoms with van der Waals surface area (Å²) in [7, 11) is 0. The van der Waals surface area contributed by atoms with Crippen LogP contribution in [0.1, 0.15) is 73.9 Å². The molecule has 0 heterocycles. The summed E-state index contributed by atoms with van der Waals surface area (Å²) in [5.74, 6) is -5.75. The van der Waals surface area contributed by atoms with Crippen LogP contribution in [0, 0.1) is 11.8 Å². The Morgan fingerprint density at radius 2 is 1.88 bits per heavy atom. The minimum atomic E-state index is -2.58. The molecule has 0 spiro atoms. The number of hydrogen-bond acceptors (Lipinski definition) is 7. The average Bonchev–Trinajstić information content (AvgIpc) is 3.31. The van der Waals surface area contributed by atoms with Gasteiger partial charge >= 0.3 is 0 Å². The van der Waals surface area contributed by atoms with Crippen molar-refractivity contribution in [2.75, 3.05) is 0 Å². The lowest BCUT2D eigenvalue weighted by Gasteiger charge is -2.50. The van der Waals surface area contributed by atoms with E-state index in [1.54, 1.807) is 26.0 Å². The lowest BCUT2D eigenvalue weighted by Crippen LogP contribution is -2.62. The highest BCUT2D eigenvalue weighted by Gasteiger charge is 2.63. The predicted molar refractivity (Wildman–Crippen MR) is 123 cm³/mol. The number of hydrogen-bond donors (Lipinski definition) is 4. The van der Waals surface area contributed by atoms with Gasteiger partial charge in [-0.3, -0.25) is 14.4 Å². The van der Waals surface area contributed by atoms with Gasteiger partial charge in [-0.25, -0.2) is 0 Å². The first-order chi connectivity index (χ1) is 16.0. The third-order valence-corrected chi connectivity index (χ3v) is 8.24. The summed E-state index contributed by atoms with van der Waals surface area (Å²) in [4.78, 5) is 39.2. The smallest absolute Gasteiger partial charge is 0.206 e. The number of Topliss-reactive ketones (excluding diaryl/α,β-unsaturated/α-hetero) is 3. The number of phenolic OH excluding ortho intramolecular Hbond substituents is 1. The highest BCUT2D eigenvalue weighted by atomic mass is 16.4. The number of allylic oxidation sites excluding steroid dienone is 3. The number of phenols is 1. The van der Waals surface area contributed by atoms with Gasteiger partial charge in [-0.1, -0.05) is 30.7 Å². The van der Waals surface area contributed by atoms with Crippen molar-refractivity contribution in [1.29, 1.82) is 0 Å². The molecule has 1 aromatic carbocycles. The maximum atomic E-state index is 13.7. The highest BCUT2D eigenvalue weighted by molar-refractivity contribution is 6.25. The van der Waals surface area contributed by atoms with Gasteiger partial charge in [-0.15, -0.1) is 0 Å². The standard InChI is InChI=1S/C27H28O7/c1-11-10-17-23(30)19-12(2)15-8-9-16(14-6-4-5-7-14)22(29)20(15)24(31)21(19)26(33)27(17,34)25(32)18(11)13(3)28/h6,8-9,12,17,19,23,29-30,33-34H,4-5,7,10H2,1-3H3. The van der Waals surface area contributed by atoms with Crippen molar-refractivity contribution in [2.24, 2.45) is 11.8 Å². The number of fused-ring (bicyclic) bond motifs is 3. The number of aromatic hydroxyl groups is 1. The van der Waals surface area contributed by atoms with Gasteiger partial charge < -0.3 is 20.4 Å². The van der Waals surface area contributed by atoms with Crippen LogP contribution in [0.3, 0.4) is 0 Å². The number of aliphatic hydroxyl groups excluding tert-OH is 2. The van der Waals surface area contributed by atoms with Gasteiger partial charge in [-0.05, 0) is 56.6 Å². The van der Waals surface area contributed by atoms with Crippen molar-refractivity contribution < 1.29 is 34.8 Å². The first-order valence-corrected chi connectivity index (χ1v) is 11.7. The van der Waals surface area contributed by atoms with E-state index < -0.39 is 52.6 Å². The van der Waals surface area contributed by atoms with Crippen LogP contribution in [0.15, 0.2) is 40.7 Å². The second kappa shape index (κ2) is 7.48. The van der Waals surface area contributed by atoms with Crippen LogP contribution in [0.2, 0.25) is 0 Å². The number of benzene rings is 1. The summed E-state index contributed by atoms with van der Waals surface area (Å²) in [6, 6.07) is 3.56. The number of aliphatic hydroxyl groups is 3. The lowest BCUT2D eigenvalue weighted by atomic mass is 9.55. The molecular formula is C27H28O7. The van der Waals surface area contributed by atoms with E-state index in [9.17, 15) is 34.8 Å². The van der Waals surface area contributed by atoms with E-state index in [-0.39, 0.29) is 28.9 Å². The third kappa shape index (κ3) is 2.74. The molecule has 4 N–H and O–H groups in total. The van der Waals surface area contributed by atoms with Crippen molar-refractivity contribution in [3.05, 3.63) is 57.4 Å². The van der Waals surface area contributed by atoms with Crippen LogP contribution in [-0.2, 0) is 9.59 Å². The SMILES string of the molecule is CC(=O)C1=C(C)CC2C(O)C3C(=C(O)C2(O)C1=O)C(=O)c1c(ccc(C2=CCCC2)c1O)C3C. The van der Waals surface area contributed by atoms with Gasteiger partial charge in [0.1, 0.15) is 11.5 Å². The largest absolute Gasteiger partial charge is 0.508 e. The fourth-order valence-corrected chi connectivity index (χ4v) is 6.56. The quantitative estimate of drug-likeness (QED) is 0.494. The number of rotatable bonds is 2. The molecule has 1 aromatic rings. The minimum absolute atomic E-state index is 0.0200. The Bertz CT molecular complexity index is 1260. The Hall–Kier alpha value is -3.03. The zero-order valence-electron chi connectivity index (χ0n) is 19.4. The topological polar surface area (TPSA) is 132 Å². The molecule has 178 valence electrons. The van der Waals surface area contributed by atoms with Crippen molar-refractivity contribution in [2.45, 2.75) is 64.1 Å². The molecule has 0 amide bonds. The van der Waals surface area contributed by atoms with E-state index in [2.05, 4.69) is 0 Å². The summed E-state index contributed by atoms with van der Waals surface area (Å²) in [5.41, 5.74) is -0.570. The molecular weight excluding hydrogens is 436 g/mol. The molecule has 5 rings (SSSR count). The van der Waals surface area contributed by atoms with Gasteiger partial charge in [0.15, 0.2) is 17.2 Å². The molecule has 5 atom stereocenters. The van der Waals surface area contributed by atoms with E-state index in [0.29, 0.717) is 16.7 Å². The van der Waals surface area contributed by atoms with Gasteiger partial charge in [0.25, 0.3) is 0 Å². The van der Waals surface area contributed by atoms with Gasteiger partial charge in [0, 0.05) is 23.0 Å². The second-order valence-corrected chi connectivity index (χ2v) is 10.1. The molecule has 4 aliphatic rings. The molecule has 0 aromatic heterocycles. The van der Waals surface area contributed by atoms with Crippen LogP contribution in [0.4, 0.5) is 0 Å². The third-order valence-electron chi connectivity index (χ3n) is 8.24. The fourth-order valence-electron chi connectivity index (χ4n) is 6.56. The molecule has 4 aliphatic carbocycles. The summed E-state index contributed by atoms with van der Waals surface area (Å²) in [5, 5.41) is 45.2. The highest BCUT2D eigenvalue weighted by Crippen LogP contribution is 2.55. The molecule has 0 aliphatic heterocycles. The van der Waals surface area contributed by atoms with E-state index in [1.165, 1.54) is 6.92 Å². The summed E-state index contributed by atoms with van der Waals surface area (Å²) in [6.45, 7) is 4.59. The molecule has 7 heteroatoms. The maximum absolute atomic E-state index is 13.7. The Morgan fingerprint density at radius 3 is 2.50 bits per heavy atom. The molecule has 0 saturated carbocycles. The Morgan fingerprint density at radius 1 is 1.18 bits per heavy atom. The molecule has 5 unspecified atom stereocenters. The minimum Gasteiger partial charge on any atom is -0.508 e. The van der Waals surface area contributed by atoms with E-state index in [0.717, 1.165) is 24.8 Å². The van der Waals surface area contributed by atoms with Crippen LogP contribution in [0.5, 0.6) is 5.75 Å². The molecule has 0 saturated heterocycles. The monoisotopic (exact) mass is 464 g/mol. The zero-order valence-corrected chi connectivity index (χ0v) is 19.4. The maximum Gasteiger partial charge on any atom is 0.206 e. The van der Waals surface area contributed by atoms with E-state index in [1.807, 2.05) is 6.08 Å². The Balaban J connectivity index is 1.73. The van der Waals surface area contributed by atoms with Gasteiger partial charge in [-0.2, -0.15) is 0 Å². The van der Waals surface area contributed by atoms with E-state index in [4.69, 9.17) is 0 Å². The predicted octanol–water partition coefficient (Wildman–Crippen LogP) is 3.29. The van der Waals surface area contributed by atoms with Crippen LogP contribution < -0.4 is 0 Å². The van der Waals surface area contributed by atoms with Crippen LogP contribution in [-0.4, -0.2) is 49.5 Å². The normalized spacial score (nSPS) is 32.9. The number of ketones is 3. The Labute approximate surface area is 197 Å². The molecule has 0 fully saturated rings. The van der Waals surface area contributed by atoms with Crippen molar-refractivity contribution in [1.82, 2.24) is 0 Å². The number of carbonyl (C=O) groups excluding carboxylic acids is 3. The number of carbonyl (C=O) groups is 3. The van der Waals surface area contributed by atoms with Crippen LogP contribution in [0.25, 0.3) is 5.57 Å². The lowest BCUT2D eigenvalue weighted by molar-refractivity contribution is -0.153. The fraction of sp³-hybridized carbons (Fsp3) is 0.444.